The van der Waals surface area contributed by atoms with Crippen LogP contribution >= 0.6 is 0 Å². The molecule has 3 N–H and O–H groups in total. The van der Waals surface area contributed by atoms with Gasteiger partial charge >= 0.3 is 0 Å². The van der Waals surface area contributed by atoms with Crippen molar-refractivity contribution in [2.45, 2.75) is 25.8 Å². The number of benzene rings is 1. The van der Waals surface area contributed by atoms with Crippen LogP contribution in [0.1, 0.15) is 28.8 Å². The summed E-state index contributed by atoms with van der Waals surface area (Å²) in [4.78, 5) is 14.1. The monoisotopic (exact) mass is 278 g/mol. The summed E-state index contributed by atoms with van der Waals surface area (Å²) in [6.45, 7) is 3.60. The summed E-state index contributed by atoms with van der Waals surface area (Å²) >= 11 is 0. The van der Waals surface area contributed by atoms with Gasteiger partial charge in [0.25, 0.3) is 5.91 Å². The van der Waals surface area contributed by atoms with Crippen LogP contribution in [0.4, 0.5) is 0 Å². The van der Waals surface area contributed by atoms with Crippen molar-refractivity contribution in [1.29, 1.82) is 0 Å². The van der Waals surface area contributed by atoms with E-state index in [4.69, 9.17) is 5.11 Å². The fourth-order valence-electron chi connectivity index (χ4n) is 2.57. The Balaban J connectivity index is 2.12. The van der Waals surface area contributed by atoms with Gasteiger partial charge in [0.2, 0.25) is 0 Å². The van der Waals surface area contributed by atoms with E-state index in [1.165, 1.54) is 0 Å². The van der Waals surface area contributed by atoms with Gasteiger partial charge in [0.05, 0.1) is 12.2 Å². The van der Waals surface area contributed by atoms with E-state index in [0.717, 1.165) is 24.9 Å². The molecule has 1 fully saturated rings. The Morgan fingerprint density at radius 1 is 1.50 bits per heavy atom. The molecule has 1 heterocycles. The van der Waals surface area contributed by atoms with Crippen molar-refractivity contribution in [2.24, 2.45) is 0 Å². The van der Waals surface area contributed by atoms with Crippen LogP contribution in [0.2, 0.25) is 0 Å². The summed E-state index contributed by atoms with van der Waals surface area (Å²) in [6, 6.07) is 5.30. The minimum Gasteiger partial charge on any atom is -0.507 e. The van der Waals surface area contributed by atoms with E-state index in [2.05, 4.69) is 5.32 Å². The molecule has 0 aromatic heterocycles. The number of rotatable bonds is 5. The van der Waals surface area contributed by atoms with Gasteiger partial charge in [-0.15, -0.1) is 0 Å². The molecule has 5 nitrogen and oxygen atoms in total. The molecule has 1 saturated heterocycles. The third kappa shape index (κ3) is 3.49. The second-order valence-electron chi connectivity index (χ2n) is 5.29. The molecule has 1 amide bonds. The third-order valence-corrected chi connectivity index (χ3v) is 3.64. The fraction of sp³-hybridized carbons (Fsp3) is 0.533. The molecule has 1 atom stereocenters. The number of hydrogen-bond acceptors (Lipinski definition) is 4. The second kappa shape index (κ2) is 6.72. The first-order chi connectivity index (χ1) is 9.61. The van der Waals surface area contributed by atoms with Crippen molar-refractivity contribution in [3.63, 3.8) is 0 Å². The van der Waals surface area contributed by atoms with Crippen LogP contribution in [0.15, 0.2) is 18.2 Å². The smallest absolute Gasteiger partial charge is 0.257 e. The van der Waals surface area contributed by atoms with Crippen LogP contribution in [-0.4, -0.2) is 53.3 Å². The highest BCUT2D eigenvalue weighted by molar-refractivity contribution is 5.97. The van der Waals surface area contributed by atoms with Gasteiger partial charge in [-0.25, -0.2) is 0 Å². The number of amides is 1. The second-order valence-corrected chi connectivity index (χ2v) is 5.29. The number of phenolic OH excluding ortho intramolecular Hbond substituents is 1. The molecule has 0 bridgehead atoms. The highest BCUT2D eigenvalue weighted by atomic mass is 16.3. The average Bonchev–Trinajstić information content (AvgIpc) is 2.90. The fourth-order valence-corrected chi connectivity index (χ4v) is 2.57. The van der Waals surface area contributed by atoms with E-state index in [9.17, 15) is 9.90 Å². The van der Waals surface area contributed by atoms with E-state index >= 15 is 0 Å². The summed E-state index contributed by atoms with van der Waals surface area (Å²) in [7, 11) is 0. The lowest BCUT2D eigenvalue weighted by Gasteiger charge is -2.25. The molecule has 1 aliphatic heterocycles. The number of aliphatic hydroxyl groups excluding tert-OH is 1. The number of nitrogens with one attached hydrogen (secondary N) is 1. The first-order valence-electron chi connectivity index (χ1n) is 7.05. The first-order valence-corrected chi connectivity index (χ1v) is 7.05. The highest BCUT2D eigenvalue weighted by Crippen LogP contribution is 2.21. The van der Waals surface area contributed by atoms with E-state index in [1.807, 2.05) is 6.92 Å². The van der Waals surface area contributed by atoms with Gasteiger partial charge in [-0.2, -0.15) is 0 Å². The Morgan fingerprint density at radius 2 is 2.30 bits per heavy atom. The van der Waals surface area contributed by atoms with Crippen molar-refractivity contribution < 1.29 is 15.0 Å². The van der Waals surface area contributed by atoms with Crippen LogP contribution in [0, 0.1) is 6.92 Å². The molecule has 2 rings (SSSR count). The number of aliphatic hydroxyl groups is 1. The van der Waals surface area contributed by atoms with Gasteiger partial charge in [-0.1, -0.05) is 6.07 Å². The van der Waals surface area contributed by atoms with Gasteiger partial charge in [0, 0.05) is 19.1 Å². The van der Waals surface area contributed by atoms with Crippen LogP contribution in [0.5, 0.6) is 5.75 Å². The highest BCUT2D eigenvalue weighted by Gasteiger charge is 2.23. The van der Waals surface area contributed by atoms with E-state index < -0.39 is 0 Å². The van der Waals surface area contributed by atoms with Crippen LogP contribution < -0.4 is 5.32 Å². The lowest BCUT2D eigenvalue weighted by atomic mass is 10.1. The summed E-state index contributed by atoms with van der Waals surface area (Å²) in [6.07, 6.45) is 2.15. The number of aromatic hydroxyl groups is 1. The predicted octanol–water partition coefficient (Wildman–Crippen LogP) is 0.887. The Morgan fingerprint density at radius 3 is 2.90 bits per heavy atom. The molecule has 0 aliphatic carbocycles. The third-order valence-electron chi connectivity index (χ3n) is 3.64. The number of hydrogen-bond donors (Lipinski definition) is 3. The van der Waals surface area contributed by atoms with Crippen LogP contribution in [0.25, 0.3) is 0 Å². The number of nitrogens with zero attached hydrogens (tertiary/aromatic N) is 1. The number of aryl methyl sites for hydroxylation is 1. The Hall–Kier alpha value is -1.59. The number of phenols is 1. The van der Waals surface area contributed by atoms with Crippen LogP contribution in [-0.2, 0) is 0 Å². The maximum absolute atomic E-state index is 12.5. The topological polar surface area (TPSA) is 72.8 Å². The molecule has 1 aromatic rings. The predicted molar refractivity (Wildman–Crippen MR) is 76.9 cm³/mol. The van der Waals surface area contributed by atoms with Gasteiger partial charge in [0.15, 0.2) is 0 Å². The maximum atomic E-state index is 12.5. The molecule has 5 heteroatoms. The molecule has 0 spiro atoms. The van der Waals surface area contributed by atoms with Crippen molar-refractivity contribution in [3.8, 4) is 5.75 Å². The van der Waals surface area contributed by atoms with Gasteiger partial charge in [0.1, 0.15) is 5.75 Å². The average molecular weight is 278 g/mol. The standard InChI is InChI=1S/C15H22N2O3/c1-11-4-5-13(14(19)9-11)15(20)17(7-8-18)10-12-3-2-6-16-12/h4-5,9,12,16,18-19H,2-3,6-8,10H2,1H3. The largest absolute Gasteiger partial charge is 0.507 e. The molecule has 0 saturated carbocycles. The Bertz CT molecular complexity index is 470. The molecular weight excluding hydrogens is 256 g/mol. The zero-order chi connectivity index (χ0) is 14.5. The van der Waals surface area contributed by atoms with Gasteiger partial charge < -0.3 is 20.4 Å². The van der Waals surface area contributed by atoms with Crippen molar-refractivity contribution in [3.05, 3.63) is 29.3 Å². The molecule has 20 heavy (non-hydrogen) atoms. The van der Waals surface area contributed by atoms with E-state index in [1.54, 1.807) is 23.1 Å². The number of carbonyl (C=O) groups is 1. The van der Waals surface area contributed by atoms with E-state index in [0.29, 0.717) is 12.1 Å². The molecule has 110 valence electrons. The van der Waals surface area contributed by atoms with Crippen molar-refractivity contribution in [1.82, 2.24) is 10.2 Å². The zero-order valence-corrected chi connectivity index (χ0v) is 11.8. The molecule has 1 aliphatic rings. The molecular formula is C15H22N2O3. The lowest BCUT2D eigenvalue weighted by molar-refractivity contribution is 0.0703. The first kappa shape index (κ1) is 14.8. The lowest BCUT2D eigenvalue weighted by Crippen LogP contribution is -2.42. The number of carbonyl (C=O) groups excluding carboxylic acids is 1. The molecule has 0 radical (unpaired) electrons. The van der Waals surface area contributed by atoms with Crippen LogP contribution in [0.3, 0.4) is 0 Å². The van der Waals surface area contributed by atoms with Gasteiger partial charge in [-0.05, 0) is 44.0 Å². The zero-order valence-electron chi connectivity index (χ0n) is 11.8. The summed E-state index contributed by atoms with van der Waals surface area (Å²) in [5.74, 6) is -0.234. The maximum Gasteiger partial charge on any atom is 0.257 e. The molecule has 1 aromatic carbocycles. The van der Waals surface area contributed by atoms with Crippen molar-refractivity contribution >= 4 is 5.91 Å². The van der Waals surface area contributed by atoms with Crippen molar-refractivity contribution in [2.75, 3.05) is 26.2 Å². The Labute approximate surface area is 119 Å². The van der Waals surface area contributed by atoms with E-state index in [-0.39, 0.29) is 30.9 Å². The minimum atomic E-state index is -0.231. The Kier molecular flexibility index (Phi) is 4.98. The van der Waals surface area contributed by atoms with Gasteiger partial charge in [-0.3, -0.25) is 4.79 Å². The normalized spacial score (nSPS) is 18.2. The molecule has 1 unspecified atom stereocenters. The summed E-state index contributed by atoms with van der Waals surface area (Å²) < 4.78 is 0. The minimum absolute atomic E-state index is 0.00248. The summed E-state index contributed by atoms with van der Waals surface area (Å²) in [5.41, 5.74) is 1.20. The quantitative estimate of drug-likeness (QED) is 0.748. The SMILES string of the molecule is Cc1ccc(C(=O)N(CCO)CC2CCCN2)c(O)c1. The summed E-state index contributed by atoms with van der Waals surface area (Å²) in [5, 5.41) is 22.4.